The number of benzene rings is 6. The van der Waals surface area contributed by atoms with Crippen LogP contribution in [-0.2, 0) is 53.5 Å². The third-order valence-electron chi connectivity index (χ3n) is 13.1. The van der Waals surface area contributed by atoms with Crippen LogP contribution in [0.5, 0.6) is 23.0 Å². The summed E-state index contributed by atoms with van der Waals surface area (Å²) in [5.41, 5.74) is 5.66. The summed E-state index contributed by atoms with van der Waals surface area (Å²) in [5.74, 6) is -2.03. The van der Waals surface area contributed by atoms with Gasteiger partial charge >= 0.3 is 163 Å². The molecule has 10 rings (SSSR count). The molecule has 2 aliphatic rings. The van der Waals surface area contributed by atoms with Crippen LogP contribution in [0.2, 0.25) is 10.0 Å². The largest absolute Gasteiger partial charge is 1.00 e. The van der Waals surface area contributed by atoms with Gasteiger partial charge in [0.15, 0.2) is 0 Å². The van der Waals surface area contributed by atoms with Crippen LogP contribution in [0, 0.1) is 0 Å². The third-order valence-corrected chi connectivity index (χ3v) is 14.4. The minimum absolute atomic E-state index is 0. The summed E-state index contributed by atoms with van der Waals surface area (Å²) in [4.78, 5) is 65.0. The summed E-state index contributed by atoms with van der Waals surface area (Å²) in [7, 11) is 0. The monoisotopic (exact) mass is 1620 g/mol. The molecule has 0 saturated carbocycles. The third kappa shape index (κ3) is 25.0. The van der Waals surface area contributed by atoms with E-state index in [0.29, 0.717) is 52.0 Å². The van der Waals surface area contributed by atoms with E-state index in [2.05, 4.69) is 40.6 Å². The van der Waals surface area contributed by atoms with Crippen LogP contribution in [0.15, 0.2) is 179 Å². The molecular weight excluding hydrogens is 1570 g/mol. The normalized spacial score (nSPS) is 14.6. The minimum Gasteiger partial charge on any atom is -1.00 e. The maximum Gasteiger partial charge on any atom is 1.00 e. The number of amides is 4. The maximum atomic E-state index is 13.5. The van der Waals surface area contributed by atoms with Crippen molar-refractivity contribution in [3.63, 3.8) is 0 Å². The topological polar surface area (TPSA) is 243 Å². The molecule has 1 N–H and O–H groups in total. The van der Waals surface area contributed by atoms with E-state index < -0.39 is 54.4 Å². The van der Waals surface area contributed by atoms with E-state index in [1.165, 1.54) is 46.6 Å². The number of cyclic esters (lactones) is 2. The van der Waals surface area contributed by atoms with Crippen LogP contribution < -0.4 is 157 Å². The molecule has 4 atom stereocenters. The van der Waals surface area contributed by atoms with Crippen molar-refractivity contribution in [1.82, 2.24) is 20.1 Å². The Kier molecular flexibility index (Phi) is 33.8. The number of aromatic nitrogens is 2. The van der Waals surface area contributed by atoms with Crippen LogP contribution in [-0.4, -0.2) is 93.7 Å². The van der Waals surface area contributed by atoms with Gasteiger partial charge in [-0.1, -0.05) is 154 Å². The van der Waals surface area contributed by atoms with Crippen LogP contribution in [0.1, 0.15) is 78.3 Å². The molecule has 0 unspecified atom stereocenters. The maximum absolute atomic E-state index is 13.5. The molecule has 2 saturated heterocycles. The number of ether oxygens (including phenoxy) is 5. The molecule has 0 bridgehead atoms. The Balaban J connectivity index is 0.000000383. The first-order valence-electron chi connectivity index (χ1n) is 26.4. The molecule has 4 amide bonds. The average molecular weight is 1630 g/mol. The quantitative estimate of drug-likeness (QED) is 0.0268. The van der Waals surface area contributed by atoms with E-state index in [-0.39, 0.29) is 219 Å². The molecule has 30 heteroatoms. The van der Waals surface area contributed by atoms with E-state index in [4.69, 9.17) is 56.5 Å². The van der Waals surface area contributed by atoms with Gasteiger partial charge in [-0.05, 0) is 94.8 Å². The van der Waals surface area contributed by atoms with Gasteiger partial charge in [0.2, 0.25) is 11.8 Å². The summed E-state index contributed by atoms with van der Waals surface area (Å²) >= 11 is 14.4. The number of hydrogen-bond donors (Lipinski definition) is 1. The first-order valence-corrected chi connectivity index (χ1v) is 28.2. The Morgan fingerprint density at radius 3 is 1.42 bits per heavy atom. The fourth-order valence-electron chi connectivity index (χ4n) is 9.08. The molecule has 8 aromatic rings. The second-order valence-corrected chi connectivity index (χ2v) is 20.5. The van der Waals surface area contributed by atoms with E-state index >= 15 is 0 Å². The van der Waals surface area contributed by atoms with Crippen molar-refractivity contribution in [3.8, 4) is 23.0 Å². The molecule has 0 aliphatic carbocycles. The zero-order valence-corrected chi connectivity index (χ0v) is 63.7. The van der Waals surface area contributed by atoms with Gasteiger partial charge in [0.1, 0.15) is 55.3 Å². The van der Waals surface area contributed by atoms with E-state index in [9.17, 15) is 50.6 Å². The number of phenolic OH excluding ortho intramolecular Hbond substituents is 1. The molecule has 478 valence electrons. The van der Waals surface area contributed by atoms with E-state index in [0.717, 1.165) is 22.8 Å². The summed E-state index contributed by atoms with van der Waals surface area (Å²) in [5, 5.41) is 26.2. The van der Waals surface area contributed by atoms with Crippen molar-refractivity contribution in [2.24, 2.45) is 0 Å². The second-order valence-electron chi connectivity index (χ2n) is 19.1. The number of phenols is 1. The smallest absolute Gasteiger partial charge is 1.00 e. The summed E-state index contributed by atoms with van der Waals surface area (Å²) in [6.45, 7) is 0.0562. The van der Waals surface area contributed by atoms with Gasteiger partial charge in [-0.25, -0.2) is 19.4 Å². The average Bonchev–Trinajstić information content (AvgIpc) is 1.76. The molecular formula is C62H55BrCl2Cs2F6N4O15. The number of alkyl halides is 7. The molecule has 0 radical (unpaired) electrons. The van der Waals surface area contributed by atoms with E-state index in [1.54, 1.807) is 66.7 Å². The molecule has 2 fully saturated rings. The second kappa shape index (κ2) is 39.1. The summed E-state index contributed by atoms with van der Waals surface area (Å²) in [6, 6.07) is 43.3. The molecule has 0 spiro atoms. The number of carbonyl (C=O) groups excluding carboxylic acids is 5. The standard InChI is InChI=1S/C30H24ClF3N2O6.C22H20N2O5.C8H5BrClF3O.CH2O3.CH4.2Cs.H/c31-25-11-6-20(15-27(25)42-30(32,33)34)17-39-23-9-7-21(8-10-23)24(26-12-13-41-35-26)16-28(37)36-22(18-40-29(36)38)14-19-4-2-1-3-5-19;25-18-8-6-16(7-9-18)19(20-10-11-29-23-20)13-21(26)24-17(14-28-22(24)27)12-15-4-2-1-3-5-15;9-4-5-1-2-6(10)7(3-5)14-8(11,12)13;2-1-4-3;;;;/h1-13,15,22,24H,14,16-18H2;1-11,17,19,25H,12-14H2;1-3H,4H2;1,3H;1H4;;;/q;;;;;2*+1;-1/p-1/t22-,24-;17-,19-;;;;;;/m00....../s1. The number of carbonyl (C=O) groups is 5. The van der Waals surface area contributed by atoms with Crippen LogP contribution in [0.25, 0.3) is 0 Å². The van der Waals surface area contributed by atoms with Gasteiger partial charge in [0, 0.05) is 42.1 Å². The Morgan fingerprint density at radius 1 is 0.641 bits per heavy atom. The van der Waals surface area contributed by atoms with Crippen molar-refractivity contribution in [2.75, 3.05) is 13.2 Å². The Bertz CT molecular complexity index is 3580. The van der Waals surface area contributed by atoms with Gasteiger partial charge in [0.05, 0.1) is 33.5 Å². The van der Waals surface area contributed by atoms with Crippen LogP contribution in [0.4, 0.5) is 35.9 Å². The Hall–Kier alpha value is -5.01. The van der Waals surface area contributed by atoms with Gasteiger partial charge in [0.25, 0.3) is 6.47 Å². The predicted molar refractivity (Wildman–Crippen MR) is 313 cm³/mol. The summed E-state index contributed by atoms with van der Waals surface area (Å²) in [6.07, 6.45) is -7.10. The molecule has 4 heterocycles. The molecule has 92 heavy (non-hydrogen) atoms. The molecule has 2 aromatic heterocycles. The number of hydrogen-bond acceptors (Lipinski definition) is 17. The molecule has 6 aromatic carbocycles. The molecule has 2 aliphatic heterocycles. The predicted octanol–water partition coefficient (Wildman–Crippen LogP) is 7.73. The van der Waals surface area contributed by atoms with Crippen molar-refractivity contribution < 1.29 is 238 Å². The zero-order valence-electron chi connectivity index (χ0n) is 49.1. The van der Waals surface area contributed by atoms with Crippen molar-refractivity contribution in [2.45, 2.75) is 81.7 Å². The van der Waals surface area contributed by atoms with Gasteiger partial charge in [-0.15, -0.1) is 26.3 Å². The number of aromatic hydroxyl groups is 1. The van der Waals surface area contributed by atoms with Crippen LogP contribution in [0.3, 0.4) is 0 Å². The fourth-order valence-corrected chi connectivity index (χ4v) is 9.75. The first kappa shape index (κ1) is 79.4. The SMILES string of the molecule is C.FC(F)(F)Oc1cc(CBr)ccc1Cl.O=C(C[C@@H](c1ccc(O)cc1)c1ccon1)N1C(=O)OC[C@@H]1Cc1ccccc1.O=C(C[C@@H](c1ccc(OCc2ccc(Cl)c(OC(F)(F)F)c2)cc1)c1ccon1)N1C(=O)OC[C@@H]1Cc1ccccc1.O=CO[O-].[Cs+].[Cs+].[H-]. The number of halogens is 9. The van der Waals surface area contributed by atoms with Crippen LogP contribution >= 0.6 is 39.1 Å². The number of imide groups is 2. The number of rotatable bonds is 19. The zero-order chi connectivity index (χ0) is 64.1. The van der Waals surface area contributed by atoms with Gasteiger partial charge in [-0.3, -0.25) is 14.4 Å². The van der Waals surface area contributed by atoms with Gasteiger partial charge < -0.3 is 49.4 Å². The molecule has 19 nitrogen and oxygen atoms in total. The van der Waals surface area contributed by atoms with Crippen molar-refractivity contribution in [1.29, 1.82) is 0 Å². The van der Waals surface area contributed by atoms with E-state index in [1.807, 2.05) is 60.7 Å². The van der Waals surface area contributed by atoms with Crippen molar-refractivity contribution >= 4 is 69.6 Å². The Morgan fingerprint density at radius 2 is 1.04 bits per heavy atom. The first-order chi connectivity index (χ1) is 42.6. The minimum atomic E-state index is -4.88. The van der Waals surface area contributed by atoms with Crippen molar-refractivity contribution in [3.05, 3.63) is 225 Å². The van der Waals surface area contributed by atoms with Gasteiger partial charge in [-0.2, -0.15) is 0 Å². The summed E-state index contributed by atoms with van der Waals surface area (Å²) < 4.78 is 107. The fraction of sp³-hybridized carbons (Fsp3) is 0.242. The Labute approximate surface area is 660 Å². The number of nitrogens with zero attached hydrogens (tertiary/aromatic N) is 4.